The number of carbonyl (C=O) groups excluding carboxylic acids is 1. The Balaban J connectivity index is 0.00000208. The van der Waals surface area contributed by atoms with E-state index < -0.39 is 6.09 Å². The van der Waals surface area contributed by atoms with Crippen molar-refractivity contribution in [2.45, 2.75) is 0 Å². The monoisotopic (exact) mass is 347 g/mol. The van der Waals surface area contributed by atoms with Gasteiger partial charge in [-0.1, -0.05) is 0 Å². The number of rotatable bonds is 4. The van der Waals surface area contributed by atoms with Gasteiger partial charge in [0.25, 0.3) is 5.84 Å². The molecule has 24 heavy (non-hydrogen) atoms. The van der Waals surface area contributed by atoms with Gasteiger partial charge in [0.05, 0.1) is 12.7 Å². The van der Waals surface area contributed by atoms with Crippen molar-refractivity contribution in [3.8, 4) is 11.5 Å². The van der Waals surface area contributed by atoms with Crippen molar-refractivity contribution < 1.29 is 31.7 Å². The molecular formula is C17H18ClN3O3. The molecular weight excluding hydrogens is 330 g/mol. The molecule has 0 atom stereocenters. The van der Waals surface area contributed by atoms with Gasteiger partial charge in [-0.2, -0.15) is 0 Å². The van der Waals surface area contributed by atoms with Gasteiger partial charge in [-0.15, -0.1) is 0 Å². The maximum Gasteiger partial charge on any atom is 0.417 e. The molecule has 1 aliphatic heterocycles. The summed E-state index contributed by atoms with van der Waals surface area (Å²) in [6, 6.07) is 14.4. The third-order valence-corrected chi connectivity index (χ3v) is 3.42. The van der Waals surface area contributed by atoms with E-state index in [-0.39, 0.29) is 12.4 Å². The first-order valence-corrected chi connectivity index (χ1v) is 7.32. The molecule has 0 saturated heterocycles. The summed E-state index contributed by atoms with van der Waals surface area (Å²) in [5.41, 5.74) is 1.67. The third kappa shape index (κ3) is 4.39. The SMILES string of the molecule is COc1ccc(NC(=O)Oc2ccc(C3=[NH+]CCN3)cc2)cc1.[Cl-]. The molecule has 0 aliphatic carbocycles. The summed E-state index contributed by atoms with van der Waals surface area (Å²) in [5, 5.41) is 5.92. The average molecular weight is 348 g/mol. The number of nitrogens with one attached hydrogen (secondary N) is 3. The number of amides is 1. The van der Waals surface area contributed by atoms with Crippen LogP contribution < -0.4 is 37.5 Å². The molecule has 2 aromatic carbocycles. The Labute approximate surface area is 146 Å². The molecule has 1 amide bonds. The molecule has 0 fully saturated rings. The number of hydrogen-bond donors (Lipinski definition) is 3. The van der Waals surface area contributed by atoms with Crippen LogP contribution in [0, 0.1) is 0 Å². The zero-order valence-corrected chi connectivity index (χ0v) is 13.9. The minimum Gasteiger partial charge on any atom is -1.00 e. The summed E-state index contributed by atoms with van der Waals surface area (Å²) in [6.45, 7) is 1.83. The number of carbonyl (C=O) groups is 1. The van der Waals surface area contributed by atoms with Crippen molar-refractivity contribution in [1.29, 1.82) is 0 Å². The van der Waals surface area contributed by atoms with Crippen LogP contribution in [0.5, 0.6) is 11.5 Å². The fourth-order valence-electron chi connectivity index (χ4n) is 2.26. The maximum absolute atomic E-state index is 11.9. The van der Waals surface area contributed by atoms with Gasteiger partial charge in [-0.05, 0) is 48.5 Å². The highest BCUT2D eigenvalue weighted by Crippen LogP contribution is 2.16. The minimum atomic E-state index is -0.535. The van der Waals surface area contributed by atoms with Crippen molar-refractivity contribution >= 4 is 17.6 Å². The molecule has 3 rings (SSSR count). The van der Waals surface area contributed by atoms with Gasteiger partial charge in [0.1, 0.15) is 24.6 Å². The summed E-state index contributed by atoms with van der Waals surface area (Å²) < 4.78 is 10.3. The first-order valence-electron chi connectivity index (χ1n) is 7.32. The molecule has 0 saturated carbocycles. The Morgan fingerprint density at radius 3 is 2.33 bits per heavy atom. The zero-order chi connectivity index (χ0) is 16.1. The van der Waals surface area contributed by atoms with Crippen molar-refractivity contribution in [1.82, 2.24) is 5.32 Å². The van der Waals surface area contributed by atoms with Crippen LogP contribution in [0.2, 0.25) is 0 Å². The van der Waals surface area contributed by atoms with Crippen LogP contribution >= 0.6 is 0 Å². The second-order valence-corrected chi connectivity index (χ2v) is 5.00. The van der Waals surface area contributed by atoms with Crippen molar-refractivity contribution in [3.63, 3.8) is 0 Å². The van der Waals surface area contributed by atoms with E-state index in [2.05, 4.69) is 15.6 Å². The molecule has 0 unspecified atom stereocenters. The average Bonchev–Trinajstić information content (AvgIpc) is 3.11. The highest BCUT2D eigenvalue weighted by molar-refractivity contribution is 5.95. The van der Waals surface area contributed by atoms with Crippen LogP contribution in [-0.4, -0.2) is 32.1 Å². The number of ether oxygens (including phenoxy) is 2. The van der Waals surface area contributed by atoms with Crippen molar-refractivity contribution in [3.05, 3.63) is 54.1 Å². The van der Waals surface area contributed by atoms with E-state index in [1.165, 1.54) is 0 Å². The summed E-state index contributed by atoms with van der Waals surface area (Å²) in [6.07, 6.45) is -0.535. The van der Waals surface area contributed by atoms with E-state index in [9.17, 15) is 4.79 Å². The standard InChI is InChI=1S/C17H17N3O3.ClH/c1-22-14-8-4-13(5-9-14)20-17(21)23-15-6-2-12(3-7-15)16-18-10-11-19-16;/h2-9H,10-11H2,1H3,(H,18,19)(H,20,21);1H. The lowest BCUT2D eigenvalue weighted by Crippen LogP contribution is -3.00. The predicted octanol–water partition coefficient (Wildman–Crippen LogP) is -2.26. The van der Waals surface area contributed by atoms with Gasteiger partial charge in [-0.3, -0.25) is 15.6 Å². The minimum absolute atomic E-state index is 0. The first-order chi connectivity index (χ1) is 11.2. The van der Waals surface area contributed by atoms with E-state index in [1.807, 2.05) is 12.1 Å². The Bertz CT molecular complexity index is 715. The van der Waals surface area contributed by atoms with Crippen LogP contribution in [0.1, 0.15) is 5.56 Å². The quantitative estimate of drug-likeness (QED) is 0.584. The van der Waals surface area contributed by atoms with E-state index in [4.69, 9.17) is 9.47 Å². The summed E-state index contributed by atoms with van der Waals surface area (Å²) >= 11 is 0. The molecule has 0 radical (unpaired) electrons. The zero-order valence-electron chi connectivity index (χ0n) is 13.1. The normalized spacial score (nSPS) is 12.5. The second-order valence-electron chi connectivity index (χ2n) is 5.00. The van der Waals surface area contributed by atoms with Crippen molar-refractivity contribution in [2.75, 3.05) is 25.5 Å². The number of anilines is 1. The largest absolute Gasteiger partial charge is 1.00 e. The molecule has 1 aliphatic rings. The Morgan fingerprint density at radius 2 is 1.75 bits per heavy atom. The van der Waals surface area contributed by atoms with Gasteiger partial charge in [0, 0.05) is 5.69 Å². The number of methoxy groups -OCH3 is 1. The van der Waals surface area contributed by atoms with Crippen LogP contribution in [0.15, 0.2) is 48.5 Å². The van der Waals surface area contributed by atoms with E-state index in [0.29, 0.717) is 11.4 Å². The third-order valence-electron chi connectivity index (χ3n) is 3.42. The smallest absolute Gasteiger partial charge is 0.417 e. The predicted molar refractivity (Wildman–Crippen MR) is 87.0 cm³/mol. The summed E-state index contributed by atoms with van der Waals surface area (Å²) in [5.74, 6) is 2.21. The van der Waals surface area contributed by atoms with Crippen LogP contribution in [-0.2, 0) is 0 Å². The molecule has 3 N–H and O–H groups in total. The molecule has 2 aromatic rings. The van der Waals surface area contributed by atoms with E-state index in [0.717, 1.165) is 30.2 Å². The Hall–Kier alpha value is -2.73. The van der Waals surface area contributed by atoms with Crippen LogP contribution in [0.25, 0.3) is 0 Å². The molecule has 6 nitrogen and oxygen atoms in total. The van der Waals surface area contributed by atoms with Gasteiger partial charge >= 0.3 is 6.09 Å². The Kier molecular flexibility index (Phi) is 6.03. The Morgan fingerprint density at radius 1 is 1.08 bits per heavy atom. The highest BCUT2D eigenvalue weighted by Gasteiger charge is 2.15. The number of halogens is 1. The van der Waals surface area contributed by atoms with Gasteiger partial charge in [-0.25, -0.2) is 4.79 Å². The number of amidine groups is 1. The molecule has 7 heteroatoms. The van der Waals surface area contributed by atoms with E-state index in [1.54, 1.807) is 43.5 Å². The second kappa shape index (κ2) is 8.21. The van der Waals surface area contributed by atoms with Crippen LogP contribution in [0.3, 0.4) is 0 Å². The summed E-state index contributed by atoms with van der Waals surface area (Å²) in [4.78, 5) is 15.1. The molecule has 1 heterocycles. The fraction of sp³-hybridized carbons (Fsp3) is 0.176. The molecule has 0 bridgehead atoms. The van der Waals surface area contributed by atoms with Crippen molar-refractivity contribution in [2.24, 2.45) is 0 Å². The van der Waals surface area contributed by atoms with Gasteiger partial charge in [0.2, 0.25) is 0 Å². The van der Waals surface area contributed by atoms with Crippen LogP contribution in [0.4, 0.5) is 10.5 Å². The molecule has 0 spiro atoms. The number of benzene rings is 2. The van der Waals surface area contributed by atoms with E-state index >= 15 is 0 Å². The lowest BCUT2D eigenvalue weighted by atomic mass is 10.2. The summed E-state index contributed by atoms with van der Waals surface area (Å²) in [7, 11) is 1.59. The van der Waals surface area contributed by atoms with Gasteiger partial charge < -0.3 is 21.9 Å². The maximum atomic E-state index is 11.9. The fourth-order valence-corrected chi connectivity index (χ4v) is 2.26. The number of hydrogen-bond acceptors (Lipinski definition) is 4. The molecule has 0 aromatic heterocycles. The van der Waals surface area contributed by atoms with Gasteiger partial charge in [0.15, 0.2) is 0 Å². The lowest BCUT2D eigenvalue weighted by Gasteiger charge is -2.07. The lowest BCUT2D eigenvalue weighted by molar-refractivity contribution is -0.444. The topological polar surface area (TPSA) is 73.6 Å². The highest BCUT2D eigenvalue weighted by atomic mass is 35.5. The first kappa shape index (κ1) is 17.6. The molecule has 126 valence electrons.